The number of para-hydroxylation sites is 3. The Morgan fingerprint density at radius 1 is 0.540 bits per heavy atom. The number of hydrogen-bond acceptors (Lipinski definition) is 4. The molecule has 3 aromatic heterocycles. The van der Waals surface area contributed by atoms with Crippen molar-refractivity contribution in [3.05, 3.63) is 163 Å². The molecule has 0 saturated heterocycles. The summed E-state index contributed by atoms with van der Waals surface area (Å²) in [5.74, 6) is 0.534. The lowest BCUT2D eigenvalue weighted by Gasteiger charge is -2.16. The van der Waals surface area contributed by atoms with E-state index in [-0.39, 0.29) is 0 Å². The second-order valence-electron chi connectivity index (χ2n) is 12.5. The topological polar surface area (TPSA) is 67.6 Å². The quantitative estimate of drug-likeness (QED) is 0.192. The minimum absolute atomic E-state index is 0.388. The average Bonchev–Trinajstić information content (AvgIpc) is 3.72. The zero-order valence-corrected chi connectivity index (χ0v) is 26.7. The highest BCUT2D eigenvalue weighted by molar-refractivity contribution is 6.24. The Balaban J connectivity index is 1.43. The molecule has 0 aliphatic rings. The van der Waals surface area contributed by atoms with E-state index < -0.39 is 0 Å². The predicted molar refractivity (Wildman–Crippen MR) is 202 cm³/mol. The number of furan rings is 1. The maximum atomic E-state index is 11.1. The second kappa shape index (κ2) is 11.0. The first-order valence-corrected chi connectivity index (χ1v) is 16.6. The second-order valence-corrected chi connectivity index (χ2v) is 12.5. The molecule has 0 amide bonds. The van der Waals surface area contributed by atoms with E-state index in [1.165, 1.54) is 0 Å². The fourth-order valence-corrected chi connectivity index (χ4v) is 7.38. The normalized spacial score (nSPS) is 11.6. The van der Waals surface area contributed by atoms with Crippen molar-refractivity contribution in [2.24, 2.45) is 0 Å². The van der Waals surface area contributed by atoms with Crippen LogP contribution in [0, 0.1) is 11.3 Å². The summed E-state index contributed by atoms with van der Waals surface area (Å²) in [6.45, 7) is 0. The van der Waals surface area contributed by atoms with Crippen molar-refractivity contribution in [2.75, 3.05) is 0 Å². The first-order chi connectivity index (χ1) is 24.8. The minimum atomic E-state index is 0.388. The van der Waals surface area contributed by atoms with Crippen molar-refractivity contribution in [2.45, 2.75) is 0 Å². The SMILES string of the molecule is N#Cc1c(-c2ccc3ccccc3c2)nc(-c2ccccc2)nc1-c1c2oc3ccccc3c2cc2c3ccccc3n(-c3ccccc3)c12. The summed E-state index contributed by atoms with van der Waals surface area (Å²) in [5.41, 5.74) is 8.38. The van der Waals surface area contributed by atoms with Gasteiger partial charge in [-0.1, -0.05) is 121 Å². The number of nitrogens with zero attached hydrogens (tertiary/aromatic N) is 4. The number of aromatic nitrogens is 3. The molecule has 0 aliphatic heterocycles. The molecule has 0 aliphatic carbocycles. The third-order valence-electron chi connectivity index (χ3n) is 9.63. The van der Waals surface area contributed by atoms with E-state index >= 15 is 0 Å². The number of benzene rings is 7. The van der Waals surface area contributed by atoms with Crippen molar-refractivity contribution in [3.63, 3.8) is 0 Å². The molecule has 0 radical (unpaired) electrons. The molecule has 0 unspecified atom stereocenters. The van der Waals surface area contributed by atoms with E-state index in [9.17, 15) is 5.26 Å². The van der Waals surface area contributed by atoms with Crippen molar-refractivity contribution in [3.8, 4) is 45.7 Å². The molecule has 50 heavy (non-hydrogen) atoms. The van der Waals surface area contributed by atoms with Crippen LogP contribution in [0.1, 0.15) is 5.56 Å². The van der Waals surface area contributed by atoms with E-state index in [4.69, 9.17) is 14.4 Å². The van der Waals surface area contributed by atoms with Crippen molar-refractivity contribution < 1.29 is 4.42 Å². The van der Waals surface area contributed by atoms with Crippen LogP contribution in [0.25, 0.3) is 94.1 Å². The Morgan fingerprint density at radius 3 is 2.04 bits per heavy atom. The molecule has 3 heterocycles. The van der Waals surface area contributed by atoms with Gasteiger partial charge in [-0.05, 0) is 47.2 Å². The molecule has 0 spiro atoms. The van der Waals surface area contributed by atoms with Gasteiger partial charge in [-0.25, -0.2) is 9.97 Å². The summed E-state index contributed by atoms with van der Waals surface area (Å²) >= 11 is 0. The minimum Gasteiger partial charge on any atom is -0.455 e. The van der Waals surface area contributed by atoms with Crippen LogP contribution in [0.4, 0.5) is 0 Å². The predicted octanol–water partition coefficient (Wildman–Crippen LogP) is 11.5. The molecule has 0 atom stereocenters. The van der Waals surface area contributed by atoms with Crippen LogP contribution >= 0.6 is 0 Å². The van der Waals surface area contributed by atoms with Crippen molar-refractivity contribution in [1.82, 2.24) is 14.5 Å². The van der Waals surface area contributed by atoms with Gasteiger partial charge in [0.2, 0.25) is 0 Å². The molecule has 232 valence electrons. The fourth-order valence-electron chi connectivity index (χ4n) is 7.38. The van der Waals surface area contributed by atoms with Gasteiger partial charge in [0.25, 0.3) is 0 Å². The van der Waals surface area contributed by atoms with Crippen LogP contribution in [0.15, 0.2) is 162 Å². The third-order valence-corrected chi connectivity index (χ3v) is 9.63. The van der Waals surface area contributed by atoms with Gasteiger partial charge in [0.05, 0.1) is 28.0 Å². The third kappa shape index (κ3) is 4.19. The lowest BCUT2D eigenvalue weighted by atomic mass is 9.95. The van der Waals surface area contributed by atoms with Gasteiger partial charge in [0.1, 0.15) is 22.8 Å². The molecular weight excluding hydrogens is 613 g/mol. The highest BCUT2D eigenvalue weighted by Crippen LogP contribution is 2.47. The smallest absolute Gasteiger partial charge is 0.160 e. The number of nitriles is 1. The van der Waals surface area contributed by atoms with E-state index in [0.29, 0.717) is 28.4 Å². The zero-order chi connectivity index (χ0) is 33.2. The van der Waals surface area contributed by atoms with Gasteiger partial charge in [0.15, 0.2) is 5.82 Å². The van der Waals surface area contributed by atoms with Gasteiger partial charge >= 0.3 is 0 Å². The van der Waals surface area contributed by atoms with Gasteiger partial charge in [-0.3, -0.25) is 0 Å². The molecule has 5 heteroatoms. The monoisotopic (exact) mass is 638 g/mol. The van der Waals surface area contributed by atoms with E-state index in [1.54, 1.807) is 0 Å². The van der Waals surface area contributed by atoms with Crippen LogP contribution < -0.4 is 0 Å². The van der Waals surface area contributed by atoms with E-state index in [1.807, 2.05) is 84.9 Å². The first kappa shape index (κ1) is 28.0. The molecule has 5 nitrogen and oxygen atoms in total. The molecule has 10 rings (SSSR count). The summed E-state index contributed by atoms with van der Waals surface area (Å²) in [5, 5.41) is 17.5. The Kier molecular flexibility index (Phi) is 6.17. The van der Waals surface area contributed by atoms with Crippen LogP contribution in [0.2, 0.25) is 0 Å². The van der Waals surface area contributed by atoms with Gasteiger partial charge in [0, 0.05) is 38.4 Å². The summed E-state index contributed by atoms with van der Waals surface area (Å²) in [6.07, 6.45) is 0. The van der Waals surface area contributed by atoms with E-state index in [0.717, 1.165) is 71.3 Å². The maximum absolute atomic E-state index is 11.1. The van der Waals surface area contributed by atoms with Gasteiger partial charge < -0.3 is 8.98 Å². The summed E-state index contributed by atoms with van der Waals surface area (Å²) in [6, 6.07) is 56.1. The lowest BCUT2D eigenvalue weighted by Crippen LogP contribution is -2.03. The van der Waals surface area contributed by atoms with Crippen LogP contribution in [-0.4, -0.2) is 14.5 Å². The summed E-state index contributed by atoms with van der Waals surface area (Å²) in [4.78, 5) is 10.4. The number of hydrogen-bond donors (Lipinski definition) is 0. The molecule has 10 aromatic rings. The highest BCUT2D eigenvalue weighted by Gasteiger charge is 2.28. The van der Waals surface area contributed by atoms with E-state index in [2.05, 4.69) is 83.4 Å². The van der Waals surface area contributed by atoms with Crippen LogP contribution in [-0.2, 0) is 0 Å². The summed E-state index contributed by atoms with van der Waals surface area (Å²) in [7, 11) is 0. The van der Waals surface area contributed by atoms with Gasteiger partial charge in [-0.2, -0.15) is 5.26 Å². The molecule has 0 bridgehead atoms. The van der Waals surface area contributed by atoms with Crippen molar-refractivity contribution in [1.29, 1.82) is 5.26 Å². The number of fused-ring (bicyclic) bond motifs is 7. The maximum Gasteiger partial charge on any atom is 0.160 e. The Morgan fingerprint density at radius 2 is 1.22 bits per heavy atom. The molecule has 0 saturated carbocycles. The van der Waals surface area contributed by atoms with Crippen LogP contribution in [0.3, 0.4) is 0 Å². The van der Waals surface area contributed by atoms with Gasteiger partial charge in [-0.15, -0.1) is 0 Å². The van der Waals surface area contributed by atoms with Crippen molar-refractivity contribution >= 4 is 54.5 Å². The molecule has 0 N–H and O–H groups in total. The zero-order valence-electron chi connectivity index (χ0n) is 26.7. The first-order valence-electron chi connectivity index (χ1n) is 16.6. The lowest BCUT2D eigenvalue weighted by molar-refractivity contribution is 0.670. The molecule has 0 fully saturated rings. The fraction of sp³-hybridized carbons (Fsp3) is 0. The molecular formula is C45H26N4O. The Bertz CT molecular complexity index is 2990. The standard InChI is InChI=1S/C45H26N4O/c46-27-37-41(31-24-23-28-13-7-8-16-30(28)25-31)47-45(29-14-3-1-4-15-29)48-42(37)40-43-35(26-36-34-20-10-12-22-39(34)50-44(36)40)33-19-9-11-21-38(33)49(43)32-17-5-2-6-18-32/h1-26H. The average molecular weight is 639 g/mol. The van der Waals surface area contributed by atoms with Crippen LogP contribution in [0.5, 0.6) is 0 Å². The highest BCUT2D eigenvalue weighted by atomic mass is 16.3. The Labute approximate surface area is 286 Å². The Hall–Kier alpha value is -7.03. The molecule has 7 aromatic carbocycles. The number of rotatable bonds is 4. The summed E-state index contributed by atoms with van der Waals surface area (Å²) < 4.78 is 9.07. The largest absolute Gasteiger partial charge is 0.455 e.